The van der Waals surface area contributed by atoms with E-state index in [1.54, 1.807) is 18.8 Å². The zero-order valence-corrected chi connectivity index (χ0v) is 12.8. The molecule has 0 aliphatic carbocycles. The Bertz CT molecular complexity index is 465. The van der Waals surface area contributed by atoms with Gasteiger partial charge >= 0.3 is 0 Å². The van der Waals surface area contributed by atoms with Gasteiger partial charge < -0.3 is 12.4 Å². The third-order valence-corrected chi connectivity index (χ3v) is 4.07. The first-order chi connectivity index (χ1) is 8.69. The summed E-state index contributed by atoms with van der Waals surface area (Å²) in [6, 6.07) is 7.76. The second-order valence-electron chi connectivity index (χ2n) is 3.97. The van der Waals surface area contributed by atoms with Crippen molar-refractivity contribution in [2.24, 2.45) is 4.99 Å². The number of carbonyl (C=O) groups excluding carboxylic acids is 1. The van der Waals surface area contributed by atoms with E-state index >= 15 is 0 Å². The first-order valence-corrected chi connectivity index (χ1v) is 7.05. The largest absolute Gasteiger partial charge is 1.00 e. The average molecular weight is 320 g/mol. The predicted octanol–water partition coefficient (Wildman–Crippen LogP) is -2.12. The van der Waals surface area contributed by atoms with Crippen LogP contribution in [0.1, 0.15) is 12.0 Å². The van der Waals surface area contributed by atoms with Gasteiger partial charge in [-0.05, 0) is 29.5 Å². The molecule has 1 unspecified atom stereocenters. The van der Waals surface area contributed by atoms with Crippen LogP contribution in [0.15, 0.2) is 29.3 Å². The van der Waals surface area contributed by atoms with Crippen molar-refractivity contribution in [2.75, 3.05) is 13.6 Å². The van der Waals surface area contributed by atoms with Crippen molar-refractivity contribution < 1.29 is 22.2 Å². The molecule has 1 amide bonds. The Labute approximate surface area is 128 Å². The van der Waals surface area contributed by atoms with E-state index in [4.69, 9.17) is 11.6 Å². The number of thioether (sulfide) groups is 1. The van der Waals surface area contributed by atoms with Crippen LogP contribution in [0.2, 0.25) is 5.02 Å². The molecule has 0 bridgehead atoms. The highest BCUT2D eigenvalue weighted by molar-refractivity contribution is 8.12. The number of benzene rings is 1. The molecule has 1 aromatic rings. The molecule has 1 aliphatic heterocycles. The standard InChI is InChI=1S/C12H14ClN3OS.ClH/c1-14-12(16-7-6-11(17)15-16)18-8-9-2-4-10(13)5-3-9;/h2-5H,6-8H2,1H3,(H,15,17);1H. The lowest BCUT2D eigenvalue weighted by Gasteiger charge is -2.11. The number of nitrogens with zero attached hydrogens (tertiary/aromatic N) is 1. The first-order valence-electron chi connectivity index (χ1n) is 5.69. The van der Waals surface area contributed by atoms with Gasteiger partial charge in [0.2, 0.25) is 0 Å². The number of nitrogens with one attached hydrogen (secondary N) is 2. The Balaban J connectivity index is 0.00000180. The van der Waals surface area contributed by atoms with E-state index in [1.807, 2.05) is 24.3 Å². The number of amidine groups is 1. The van der Waals surface area contributed by atoms with E-state index in [9.17, 15) is 4.79 Å². The summed E-state index contributed by atoms with van der Waals surface area (Å²) < 4.78 is 0. The van der Waals surface area contributed by atoms with Crippen LogP contribution in [0.25, 0.3) is 0 Å². The van der Waals surface area contributed by atoms with Crippen LogP contribution in [0.3, 0.4) is 0 Å². The number of hydrogen-bond acceptors (Lipinski definition) is 3. The Kier molecular flexibility index (Phi) is 6.65. The van der Waals surface area contributed by atoms with Gasteiger partial charge in [0.25, 0.3) is 11.1 Å². The molecule has 4 nitrogen and oxygen atoms in total. The van der Waals surface area contributed by atoms with Crippen molar-refractivity contribution >= 4 is 34.4 Å². The molecule has 0 radical (unpaired) electrons. The van der Waals surface area contributed by atoms with Crippen LogP contribution < -0.4 is 22.8 Å². The van der Waals surface area contributed by atoms with E-state index in [0.29, 0.717) is 6.42 Å². The van der Waals surface area contributed by atoms with Crippen molar-refractivity contribution in [2.45, 2.75) is 12.2 Å². The summed E-state index contributed by atoms with van der Waals surface area (Å²) in [7, 11) is 1.75. The zero-order valence-electron chi connectivity index (χ0n) is 10.5. The minimum atomic E-state index is 0. The molecule has 0 spiro atoms. The molecule has 1 atom stereocenters. The first kappa shape index (κ1) is 16.3. The van der Waals surface area contributed by atoms with E-state index in [-0.39, 0.29) is 18.3 Å². The molecule has 19 heavy (non-hydrogen) atoms. The normalized spacial score (nSPS) is 18.9. The number of hydrogen-bond donors (Lipinski definition) is 2. The molecule has 1 fully saturated rings. The molecule has 1 aromatic carbocycles. The number of amides is 1. The van der Waals surface area contributed by atoms with Crippen LogP contribution >= 0.6 is 23.4 Å². The maximum absolute atomic E-state index is 11.2. The summed E-state index contributed by atoms with van der Waals surface area (Å²) in [4.78, 5) is 15.4. The molecule has 0 saturated carbocycles. The molecule has 2 N–H and O–H groups in total. The van der Waals surface area contributed by atoms with Gasteiger partial charge in [-0.1, -0.05) is 23.7 Å². The minimum Gasteiger partial charge on any atom is -1.00 e. The lowest BCUT2D eigenvalue weighted by molar-refractivity contribution is -0.830. The monoisotopic (exact) mass is 319 g/mol. The molecular formula is C12H15Cl2N3OS. The lowest BCUT2D eigenvalue weighted by Crippen LogP contribution is -3.18. The SMILES string of the molecule is CN=C(SCc1ccc(Cl)cc1)[NH+]1CCC(=O)N1.[Cl-]. The predicted molar refractivity (Wildman–Crippen MR) is 74.7 cm³/mol. The van der Waals surface area contributed by atoms with Crippen molar-refractivity contribution in [3.05, 3.63) is 34.9 Å². The molecule has 1 heterocycles. The highest BCUT2D eigenvalue weighted by Crippen LogP contribution is 2.15. The van der Waals surface area contributed by atoms with Crippen LogP contribution in [-0.2, 0) is 10.5 Å². The Morgan fingerprint density at radius 1 is 1.47 bits per heavy atom. The molecule has 104 valence electrons. The van der Waals surface area contributed by atoms with Crippen LogP contribution in [0, 0.1) is 0 Å². The maximum atomic E-state index is 11.2. The van der Waals surface area contributed by atoms with Crippen molar-refractivity contribution in [1.29, 1.82) is 0 Å². The molecular weight excluding hydrogens is 305 g/mol. The Morgan fingerprint density at radius 2 is 2.16 bits per heavy atom. The highest BCUT2D eigenvalue weighted by atomic mass is 35.5. The van der Waals surface area contributed by atoms with Crippen molar-refractivity contribution in [3.63, 3.8) is 0 Å². The number of quaternary nitrogens is 1. The fraction of sp³-hybridized carbons (Fsp3) is 0.333. The van der Waals surface area contributed by atoms with Crippen molar-refractivity contribution in [1.82, 2.24) is 5.43 Å². The highest BCUT2D eigenvalue weighted by Gasteiger charge is 2.27. The van der Waals surface area contributed by atoms with E-state index < -0.39 is 0 Å². The lowest BCUT2D eigenvalue weighted by atomic mass is 10.2. The minimum absolute atomic E-state index is 0. The number of rotatable bonds is 2. The molecule has 7 heteroatoms. The van der Waals surface area contributed by atoms with Gasteiger partial charge in [0.05, 0.1) is 6.42 Å². The van der Waals surface area contributed by atoms with Gasteiger partial charge in [-0.25, -0.2) is 4.99 Å². The quantitative estimate of drug-likeness (QED) is 0.484. The topological polar surface area (TPSA) is 45.9 Å². The average Bonchev–Trinajstić information content (AvgIpc) is 2.79. The van der Waals surface area contributed by atoms with Crippen LogP contribution in [-0.4, -0.2) is 24.7 Å². The van der Waals surface area contributed by atoms with Crippen LogP contribution in [0.4, 0.5) is 0 Å². The van der Waals surface area contributed by atoms with Crippen molar-refractivity contribution in [3.8, 4) is 0 Å². The third-order valence-electron chi connectivity index (χ3n) is 2.64. The number of carbonyl (C=O) groups is 1. The summed E-state index contributed by atoms with van der Waals surface area (Å²) >= 11 is 7.47. The third kappa shape index (κ3) is 4.69. The molecule has 0 aromatic heterocycles. The van der Waals surface area contributed by atoms with E-state index in [1.165, 1.54) is 5.56 Å². The summed E-state index contributed by atoms with van der Waals surface area (Å²) in [6.07, 6.45) is 0.565. The van der Waals surface area contributed by atoms with Gasteiger partial charge in [-0.2, -0.15) is 10.4 Å². The molecule has 1 saturated heterocycles. The summed E-state index contributed by atoms with van der Waals surface area (Å²) in [5.74, 6) is 0.904. The smallest absolute Gasteiger partial charge is 0.282 e. The van der Waals surface area contributed by atoms with E-state index in [0.717, 1.165) is 27.5 Å². The van der Waals surface area contributed by atoms with Gasteiger partial charge in [-0.3, -0.25) is 4.79 Å². The number of aliphatic imine (C=N–C) groups is 1. The van der Waals surface area contributed by atoms with Crippen LogP contribution in [0.5, 0.6) is 0 Å². The Morgan fingerprint density at radius 3 is 2.68 bits per heavy atom. The maximum Gasteiger partial charge on any atom is 0.282 e. The molecule has 2 rings (SSSR count). The summed E-state index contributed by atoms with van der Waals surface area (Å²) in [5, 5.41) is 2.60. The van der Waals surface area contributed by atoms with Gasteiger partial charge in [0.1, 0.15) is 6.54 Å². The molecule has 1 aliphatic rings. The fourth-order valence-corrected chi connectivity index (χ4v) is 2.79. The Hall–Kier alpha value is -0.750. The summed E-state index contributed by atoms with van der Waals surface area (Å²) in [6.45, 7) is 0.763. The van der Waals surface area contributed by atoms with Gasteiger partial charge in [0, 0.05) is 17.8 Å². The van der Waals surface area contributed by atoms with Gasteiger partial charge in [0.15, 0.2) is 0 Å². The summed E-state index contributed by atoms with van der Waals surface area (Å²) in [5.41, 5.74) is 4.05. The second-order valence-corrected chi connectivity index (χ2v) is 5.37. The second kappa shape index (κ2) is 7.75. The van der Waals surface area contributed by atoms with E-state index in [2.05, 4.69) is 10.4 Å². The fourth-order valence-electron chi connectivity index (χ4n) is 1.71. The van der Waals surface area contributed by atoms with Gasteiger partial charge in [-0.15, -0.1) is 0 Å². The number of halogens is 2. The zero-order chi connectivity index (χ0) is 13.0.